The molecule has 1 fully saturated rings. The molecule has 0 radical (unpaired) electrons. The highest BCUT2D eigenvalue weighted by molar-refractivity contribution is 5.74. The van der Waals surface area contributed by atoms with Crippen LogP contribution in [0, 0.1) is 5.92 Å². The maximum Gasteiger partial charge on any atom is 0.321 e. The molecule has 2 atom stereocenters. The topological polar surface area (TPSA) is 59.0 Å². The first kappa shape index (κ1) is 14.4. The summed E-state index contributed by atoms with van der Waals surface area (Å²) in [7, 11) is 3.27. The monoisotopic (exact) mass is 245 g/mol. The van der Waals surface area contributed by atoms with E-state index in [-0.39, 0.29) is 6.04 Å². The van der Waals surface area contributed by atoms with Crippen LogP contribution >= 0.6 is 0 Å². The smallest absolute Gasteiger partial charge is 0.321 e. The molecule has 0 aromatic rings. The Balaban J connectivity index is 2.67. The summed E-state index contributed by atoms with van der Waals surface area (Å²) in [6.45, 7) is 3.72. The SMILES string of the molecule is COCCN(C(C)COC)C(C(=O)O)C1CC1. The standard InChI is InChI=1S/C12H23NO4/c1-9(8-17-3)13(6-7-16-2)11(12(14)15)10-4-5-10/h9-11H,4-8H2,1-3H3,(H,14,15). The zero-order chi connectivity index (χ0) is 12.8. The summed E-state index contributed by atoms with van der Waals surface area (Å²) < 4.78 is 10.2. The molecule has 0 saturated heterocycles. The normalized spacial score (nSPS) is 19.3. The number of carbonyl (C=O) groups is 1. The number of methoxy groups -OCH3 is 2. The largest absolute Gasteiger partial charge is 0.480 e. The Labute approximate surface area is 103 Å². The van der Waals surface area contributed by atoms with E-state index in [0.29, 0.717) is 25.7 Å². The van der Waals surface area contributed by atoms with Crippen molar-refractivity contribution in [2.24, 2.45) is 5.92 Å². The van der Waals surface area contributed by atoms with E-state index in [1.807, 2.05) is 11.8 Å². The molecule has 0 aromatic carbocycles. The maximum atomic E-state index is 11.4. The van der Waals surface area contributed by atoms with E-state index in [1.54, 1.807) is 14.2 Å². The van der Waals surface area contributed by atoms with Crippen LogP contribution in [-0.4, -0.2) is 62.0 Å². The van der Waals surface area contributed by atoms with Crippen LogP contribution in [0.1, 0.15) is 19.8 Å². The molecule has 1 saturated carbocycles. The summed E-state index contributed by atoms with van der Waals surface area (Å²) in [5, 5.41) is 9.35. The lowest BCUT2D eigenvalue weighted by atomic mass is 10.1. The van der Waals surface area contributed by atoms with E-state index in [0.717, 1.165) is 12.8 Å². The highest BCUT2D eigenvalue weighted by Gasteiger charge is 2.41. The van der Waals surface area contributed by atoms with Crippen molar-refractivity contribution in [2.75, 3.05) is 34.0 Å². The van der Waals surface area contributed by atoms with Crippen LogP contribution in [0.2, 0.25) is 0 Å². The van der Waals surface area contributed by atoms with Crippen LogP contribution in [0.15, 0.2) is 0 Å². The number of nitrogens with zero attached hydrogens (tertiary/aromatic N) is 1. The number of carboxylic acids is 1. The number of rotatable bonds is 9. The molecule has 1 aliphatic carbocycles. The summed E-state index contributed by atoms with van der Waals surface area (Å²) in [5.74, 6) is -0.435. The summed E-state index contributed by atoms with van der Waals surface area (Å²) in [5.41, 5.74) is 0. The van der Waals surface area contributed by atoms with E-state index in [9.17, 15) is 9.90 Å². The van der Waals surface area contributed by atoms with Gasteiger partial charge in [-0.1, -0.05) is 0 Å². The average Bonchev–Trinajstić information content (AvgIpc) is 3.07. The molecule has 0 spiro atoms. The van der Waals surface area contributed by atoms with Gasteiger partial charge >= 0.3 is 5.97 Å². The lowest BCUT2D eigenvalue weighted by molar-refractivity contribution is -0.146. The first-order valence-corrected chi connectivity index (χ1v) is 6.08. The molecule has 1 aliphatic rings. The van der Waals surface area contributed by atoms with Gasteiger partial charge in [0, 0.05) is 26.8 Å². The molecule has 0 amide bonds. The summed E-state index contributed by atoms with van der Waals surface area (Å²) in [6, 6.07) is -0.299. The molecular formula is C12H23NO4. The first-order valence-electron chi connectivity index (χ1n) is 6.08. The van der Waals surface area contributed by atoms with Crippen molar-refractivity contribution < 1.29 is 19.4 Å². The van der Waals surface area contributed by atoms with Gasteiger partial charge < -0.3 is 14.6 Å². The molecule has 5 heteroatoms. The zero-order valence-electron chi connectivity index (χ0n) is 10.9. The molecule has 5 nitrogen and oxygen atoms in total. The molecule has 2 unspecified atom stereocenters. The highest BCUT2D eigenvalue weighted by Crippen LogP contribution is 2.36. The third kappa shape index (κ3) is 4.26. The number of hydrogen-bond acceptors (Lipinski definition) is 4. The summed E-state index contributed by atoms with van der Waals surface area (Å²) >= 11 is 0. The summed E-state index contributed by atoms with van der Waals surface area (Å²) in [6.07, 6.45) is 2.03. The van der Waals surface area contributed by atoms with Crippen molar-refractivity contribution in [3.05, 3.63) is 0 Å². The van der Waals surface area contributed by atoms with Crippen molar-refractivity contribution in [3.8, 4) is 0 Å². The fraction of sp³-hybridized carbons (Fsp3) is 0.917. The van der Waals surface area contributed by atoms with Gasteiger partial charge in [0.05, 0.1) is 13.2 Å². The van der Waals surface area contributed by atoms with Crippen molar-refractivity contribution in [1.82, 2.24) is 4.90 Å². The van der Waals surface area contributed by atoms with Crippen LogP contribution in [-0.2, 0) is 14.3 Å². The number of aliphatic carboxylic acids is 1. The van der Waals surface area contributed by atoms with E-state index in [4.69, 9.17) is 9.47 Å². The zero-order valence-corrected chi connectivity index (χ0v) is 10.9. The third-order valence-electron chi connectivity index (χ3n) is 3.21. The van der Waals surface area contributed by atoms with Crippen molar-refractivity contribution >= 4 is 5.97 Å². The van der Waals surface area contributed by atoms with Crippen molar-refractivity contribution in [3.63, 3.8) is 0 Å². The number of ether oxygens (including phenoxy) is 2. The number of hydrogen-bond donors (Lipinski definition) is 1. The molecule has 100 valence electrons. The first-order chi connectivity index (χ1) is 8.11. The summed E-state index contributed by atoms with van der Waals surface area (Å²) in [4.78, 5) is 13.4. The molecule has 1 N–H and O–H groups in total. The second kappa shape index (κ2) is 6.93. The Morgan fingerprint density at radius 2 is 2.06 bits per heavy atom. The van der Waals surface area contributed by atoms with E-state index in [2.05, 4.69) is 0 Å². The lowest BCUT2D eigenvalue weighted by Crippen LogP contribution is -2.50. The Hall–Kier alpha value is -0.650. The minimum Gasteiger partial charge on any atom is -0.480 e. The minimum absolute atomic E-state index is 0.0943. The highest BCUT2D eigenvalue weighted by atomic mass is 16.5. The number of carboxylic acid groups (broad SMARTS) is 1. The minimum atomic E-state index is -0.730. The van der Waals surface area contributed by atoms with Crippen LogP contribution in [0.4, 0.5) is 0 Å². The van der Waals surface area contributed by atoms with Crippen molar-refractivity contribution in [1.29, 1.82) is 0 Å². The van der Waals surface area contributed by atoms with E-state index in [1.165, 1.54) is 0 Å². The quantitative estimate of drug-likeness (QED) is 0.652. The van der Waals surface area contributed by atoms with Gasteiger partial charge in [-0.25, -0.2) is 0 Å². The van der Waals surface area contributed by atoms with Gasteiger partial charge in [0.1, 0.15) is 6.04 Å². The average molecular weight is 245 g/mol. The predicted octanol–water partition coefficient (Wildman–Crippen LogP) is 0.833. The Bertz CT molecular complexity index is 243. The van der Waals surface area contributed by atoms with Crippen LogP contribution in [0.5, 0.6) is 0 Å². The van der Waals surface area contributed by atoms with Gasteiger partial charge in [-0.15, -0.1) is 0 Å². The van der Waals surface area contributed by atoms with E-state index >= 15 is 0 Å². The van der Waals surface area contributed by atoms with Crippen LogP contribution < -0.4 is 0 Å². The fourth-order valence-corrected chi connectivity index (χ4v) is 2.19. The van der Waals surface area contributed by atoms with Gasteiger partial charge in [-0.3, -0.25) is 9.69 Å². The fourth-order valence-electron chi connectivity index (χ4n) is 2.19. The van der Waals surface area contributed by atoms with Crippen LogP contribution in [0.3, 0.4) is 0 Å². The Kier molecular flexibility index (Phi) is 5.88. The molecule has 0 aromatic heterocycles. The van der Waals surface area contributed by atoms with Gasteiger partial charge in [-0.05, 0) is 25.7 Å². The predicted molar refractivity (Wildman–Crippen MR) is 64.1 cm³/mol. The second-order valence-electron chi connectivity index (χ2n) is 4.66. The molecule has 0 heterocycles. The van der Waals surface area contributed by atoms with E-state index < -0.39 is 12.0 Å². The van der Waals surface area contributed by atoms with Crippen LogP contribution in [0.25, 0.3) is 0 Å². The lowest BCUT2D eigenvalue weighted by Gasteiger charge is -2.33. The van der Waals surface area contributed by atoms with Gasteiger partial charge in [0.15, 0.2) is 0 Å². The molecule has 0 bridgehead atoms. The second-order valence-corrected chi connectivity index (χ2v) is 4.66. The molecular weight excluding hydrogens is 222 g/mol. The molecule has 0 aliphatic heterocycles. The maximum absolute atomic E-state index is 11.4. The van der Waals surface area contributed by atoms with Crippen molar-refractivity contribution in [2.45, 2.75) is 31.8 Å². The third-order valence-corrected chi connectivity index (χ3v) is 3.21. The molecule has 1 rings (SSSR count). The van der Waals surface area contributed by atoms with Gasteiger partial charge in [-0.2, -0.15) is 0 Å². The molecule has 17 heavy (non-hydrogen) atoms. The van der Waals surface area contributed by atoms with Gasteiger partial charge in [0.2, 0.25) is 0 Å². The Morgan fingerprint density at radius 1 is 1.41 bits per heavy atom. The Morgan fingerprint density at radius 3 is 2.47 bits per heavy atom. The van der Waals surface area contributed by atoms with Gasteiger partial charge in [0.25, 0.3) is 0 Å².